The van der Waals surface area contributed by atoms with Gasteiger partial charge in [-0.1, -0.05) is 12.1 Å². The Hall–Kier alpha value is -0.420. The first-order valence-corrected chi connectivity index (χ1v) is 5.97. The van der Waals surface area contributed by atoms with Gasteiger partial charge in [-0.25, -0.2) is 0 Å². The van der Waals surface area contributed by atoms with E-state index in [9.17, 15) is 0 Å². The molecule has 0 aromatic heterocycles. The standard InChI is InChI=1S/C9H19N3OS/c1-6-8(3)14-5-4-12(6)7(2)9(10)11-13/h6-8,13H,4-5H2,1-3H3,(H2,10,11). The Kier molecular flexibility index (Phi) is 4.07. The van der Waals surface area contributed by atoms with Gasteiger partial charge < -0.3 is 10.9 Å². The van der Waals surface area contributed by atoms with Crippen LogP contribution in [0.1, 0.15) is 20.8 Å². The normalized spacial score (nSPS) is 32.9. The molecule has 0 saturated carbocycles. The molecule has 1 saturated heterocycles. The van der Waals surface area contributed by atoms with Gasteiger partial charge in [0.05, 0.1) is 6.04 Å². The Balaban J connectivity index is 2.66. The zero-order chi connectivity index (χ0) is 10.7. The molecule has 0 aromatic rings. The topological polar surface area (TPSA) is 61.8 Å². The fourth-order valence-electron chi connectivity index (χ4n) is 1.76. The Morgan fingerprint density at radius 3 is 2.86 bits per heavy atom. The molecule has 1 aliphatic heterocycles. The van der Waals surface area contributed by atoms with Gasteiger partial charge in [-0.2, -0.15) is 11.8 Å². The Labute approximate surface area is 89.5 Å². The molecule has 1 fully saturated rings. The fourth-order valence-corrected chi connectivity index (χ4v) is 2.88. The summed E-state index contributed by atoms with van der Waals surface area (Å²) < 4.78 is 0. The smallest absolute Gasteiger partial charge is 0.156 e. The van der Waals surface area contributed by atoms with Crippen LogP contribution in [-0.2, 0) is 0 Å². The van der Waals surface area contributed by atoms with Crippen molar-refractivity contribution in [2.24, 2.45) is 10.9 Å². The van der Waals surface area contributed by atoms with E-state index >= 15 is 0 Å². The van der Waals surface area contributed by atoms with E-state index in [0.717, 1.165) is 12.3 Å². The maximum atomic E-state index is 8.62. The van der Waals surface area contributed by atoms with Crippen molar-refractivity contribution in [2.45, 2.75) is 38.1 Å². The first-order chi connectivity index (χ1) is 6.57. The Morgan fingerprint density at radius 1 is 1.64 bits per heavy atom. The maximum absolute atomic E-state index is 8.62. The minimum Gasteiger partial charge on any atom is -0.409 e. The first kappa shape index (κ1) is 11.7. The lowest BCUT2D eigenvalue weighted by molar-refractivity contribution is 0.189. The van der Waals surface area contributed by atoms with Crippen LogP contribution in [0.2, 0.25) is 0 Å². The van der Waals surface area contributed by atoms with E-state index < -0.39 is 0 Å². The molecule has 3 atom stereocenters. The lowest BCUT2D eigenvalue weighted by atomic mass is 10.1. The molecule has 1 rings (SSSR count). The van der Waals surface area contributed by atoms with Gasteiger partial charge in [0.25, 0.3) is 0 Å². The molecule has 0 aliphatic carbocycles. The third-order valence-electron chi connectivity index (χ3n) is 2.97. The largest absolute Gasteiger partial charge is 0.409 e. The summed E-state index contributed by atoms with van der Waals surface area (Å²) in [5.74, 6) is 1.42. The molecule has 14 heavy (non-hydrogen) atoms. The Morgan fingerprint density at radius 2 is 2.29 bits per heavy atom. The van der Waals surface area contributed by atoms with E-state index in [0.29, 0.717) is 17.1 Å². The van der Waals surface area contributed by atoms with Crippen molar-refractivity contribution >= 4 is 17.6 Å². The molecule has 0 radical (unpaired) electrons. The fraction of sp³-hybridized carbons (Fsp3) is 0.889. The van der Waals surface area contributed by atoms with Gasteiger partial charge in [-0.3, -0.25) is 4.90 Å². The summed E-state index contributed by atoms with van der Waals surface area (Å²) in [5, 5.41) is 12.3. The van der Waals surface area contributed by atoms with E-state index in [1.54, 1.807) is 0 Å². The molecule has 0 spiro atoms. The second-order valence-corrected chi connectivity index (χ2v) is 5.24. The van der Waals surface area contributed by atoms with Crippen LogP contribution in [0.25, 0.3) is 0 Å². The van der Waals surface area contributed by atoms with Crippen molar-refractivity contribution in [1.82, 2.24) is 4.90 Å². The van der Waals surface area contributed by atoms with Crippen molar-refractivity contribution < 1.29 is 5.21 Å². The molecule has 5 heteroatoms. The molecular weight excluding hydrogens is 198 g/mol. The summed E-state index contributed by atoms with van der Waals surface area (Å²) in [4.78, 5) is 2.29. The predicted molar refractivity (Wildman–Crippen MR) is 61.0 cm³/mol. The third kappa shape index (κ3) is 2.33. The predicted octanol–water partition coefficient (Wildman–Crippen LogP) is 0.947. The number of hydrogen-bond donors (Lipinski definition) is 2. The van der Waals surface area contributed by atoms with E-state index in [4.69, 9.17) is 10.9 Å². The second kappa shape index (κ2) is 4.89. The Bertz CT molecular complexity index is 222. The molecular formula is C9H19N3OS. The van der Waals surface area contributed by atoms with Gasteiger partial charge in [-0.05, 0) is 13.8 Å². The van der Waals surface area contributed by atoms with Gasteiger partial charge in [0, 0.05) is 23.6 Å². The highest BCUT2D eigenvalue weighted by molar-refractivity contribution is 8.00. The highest BCUT2D eigenvalue weighted by Crippen LogP contribution is 2.25. The van der Waals surface area contributed by atoms with Crippen LogP contribution >= 0.6 is 11.8 Å². The lowest BCUT2D eigenvalue weighted by Crippen LogP contribution is -2.53. The molecule has 4 nitrogen and oxygen atoms in total. The zero-order valence-electron chi connectivity index (χ0n) is 8.97. The van der Waals surface area contributed by atoms with Crippen LogP contribution in [0.3, 0.4) is 0 Å². The monoisotopic (exact) mass is 217 g/mol. The van der Waals surface area contributed by atoms with Crippen LogP contribution < -0.4 is 5.73 Å². The van der Waals surface area contributed by atoms with Crippen LogP contribution in [-0.4, -0.2) is 45.6 Å². The number of rotatable bonds is 2. The zero-order valence-corrected chi connectivity index (χ0v) is 9.79. The van der Waals surface area contributed by atoms with Crippen LogP contribution in [0.4, 0.5) is 0 Å². The van der Waals surface area contributed by atoms with Gasteiger partial charge in [0.15, 0.2) is 5.84 Å². The number of thioether (sulfide) groups is 1. The minimum absolute atomic E-state index is 0.0262. The summed E-state index contributed by atoms with van der Waals surface area (Å²) in [6.07, 6.45) is 0. The van der Waals surface area contributed by atoms with Crippen molar-refractivity contribution in [2.75, 3.05) is 12.3 Å². The SMILES string of the molecule is CC1SCCN(C(C)C(N)=NO)C1C. The van der Waals surface area contributed by atoms with Crippen molar-refractivity contribution in [3.05, 3.63) is 0 Å². The molecule has 0 bridgehead atoms. The molecule has 1 heterocycles. The summed E-state index contributed by atoms with van der Waals surface area (Å²) in [5.41, 5.74) is 5.61. The molecule has 82 valence electrons. The number of nitrogens with two attached hydrogens (primary N) is 1. The highest BCUT2D eigenvalue weighted by Gasteiger charge is 2.30. The first-order valence-electron chi connectivity index (χ1n) is 4.92. The molecule has 3 N–H and O–H groups in total. The summed E-state index contributed by atoms with van der Waals surface area (Å²) in [6, 6.07) is 0.502. The average Bonchev–Trinajstić information content (AvgIpc) is 2.20. The molecule has 0 aromatic carbocycles. The van der Waals surface area contributed by atoms with Crippen LogP contribution in [0.15, 0.2) is 5.16 Å². The van der Waals surface area contributed by atoms with Crippen molar-refractivity contribution in [3.8, 4) is 0 Å². The number of amidine groups is 1. The van der Waals surface area contributed by atoms with E-state index in [-0.39, 0.29) is 6.04 Å². The van der Waals surface area contributed by atoms with Crippen molar-refractivity contribution in [1.29, 1.82) is 0 Å². The number of nitrogens with zero attached hydrogens (tertiary/aromatic N) is 2. The van der Waals surface area contributed by atoms with Crippen molar-refractivity contribution in [3.63, 3.8) is 0 Å². The van der Waals surface area contributed by atoms with Gasteiger partial charge >= 0.3 is 0 Å². The highest BCUT2D eigenvalue weighted by atomic mass is 32.2. The molecule has 1 aliphatic rings. The van der Waals surface area contributed by atoms with Crippen LogP contribution in [0, 0.1) is 0 Å². The summed E-state index contributed by atoms with van der Waals surface area (Å²) in [7, 11) is 0. The van der Waals surface area contributed by atoms with E-state index in [1.807, 2.05) is 18.7 Å². The third-order valence-corrected chi connectivity index (χ3v) is 4.31. The molecule has 3 unspecified atom stereocenters. The maximum Gasteiger partial charge on any atom is 0.156 e. The average molecular weight is 217 g/mol. The van der Waals surface area contributed by atoms with Gasteiger partial charge in [0.1, 0.15) is 0 Å². The van der Waals surface area contributed by atoms with Gasteiger partial charge in [-0.15, -0.1) is 0 Å². The summed E-state index contributed by atoms with van der Waals surface area (Å²) in [6.45, 7) is 7.40. The second-order valence-electron chi connectivity index (χ2n) is 3.76. The van der Waals surface area contributed by atoms with Crippen LogP contribution in [0.5, 0.6) is 0 Å². The van der Waals surface area contributed by atoms with E-state index in [2.05, 4.69) is 23.9 Å². The summed E-state index contributed by atoms with van der Waals surface area (Å²) >= 11 is 1.98. The lowest BCUT2D eigenvalue weighted by Gasteiger charge is -2.40. The van der Waals surface area contributed by atoms with Gasteiger partial charge in [0.2, 0.25) is 0 Å². The molecule has 0 amide bonds. The quantitative estimate of drug-likeness (QED) is 0.313. The number of hydrogen-bond acceptors (Lipinski definition) is 4. The number of oxime groups is 1. The minimum atomic E-state index is 0.0262. The van der Waals surface area contributed by atoms with E-state index in [1.165, 1.54) is 0 Å².